The van der Waals surface area contributed by atoms with E-state index in [1.54, 1.807) is 0 Å². The van der Waals surface area contributed by atoms with E-state index in [-0.39, 0.29) is 0 Å². The first-order valence-electron chi connectivity index (χ1n) is 11.7. The normalized spacial score (nSPS) is 20.1. The largest absolute Gasteiger partial charge is 0.320 e. The van der Waals surface area contributed by atoms with Gasteiger partial charge in [-0.1, -0.05) is 74.5 Å². The van der Waals surface area contributed by atoms with Crippen molar-refractivity contribution in [3.05, 3.63) is 71.8 Å². The van der Waals surface area contributed by atoms with Crippen molar-refractivity contribution in [3.8, 4) is 0 Å². The summed E-state index contributed by atoms with van der Waals surface area (Å²) in [5, 5.41) is 7.18. The Morgan fingerprint density at radius 1 is 0.933 bits per heavy atom. The molecule has 0 radical (unpaired) electrons. The molecule has 4 nitrogen and oxygen atoms in total. The van der Waals surface area contributed by atoms with E-state index in [9.17, 15) is 0 Å². The zero-order valence-corrected chi connectivity index (χ0v) is 19.5. The van der Waals surface area contributed by atoms with Gasteiger partial charge in [-0.3, -0.25) is 4.90 Å². The molecule has 0 aliphatic carbocycles. The average Bonchev–Trinajstić information content (AvgIpc) is 2.81. The Bertz CT molecular complexity index is 661. The van der Waals surface area contributed by atoms with Gasteiger partial charge >= 0.3 is 0 Å². The van der Waals surface area contributed by atoms with Crippen LogP contribution in [-0.2, 0) is 0 Å². The van der Waals surface area contributed by atoms with Gasteiger partial charge < -0.3 is 15.5 Å². The summed E-state index contributed by atoms with van der Waals surface area (Å²) in [6, 6.07) is 22.8. The van der Waals surface area contributed by atoms with E-state index in [4.69, 9.17) is 0 Å². The summed E-state index contributed by atoms with van der Waals surface area (Å²) in [4.78, 5) is 5.15. The summed E-state index contributed by atoms with van der Waals surface area (Å²) in [7, 11) is 4.30. The summed E-state index contributed by atoms with van der Waals surface area (Å²) < 4.78 is 0. The molecule has 30 heavy (non-hydrogen) atoms. The van der Waals surface area contributed by atoms with Crippen LogP contribution in [0.25, 0.3) is 0 Å². The maximum absolute atomic E-state index is 3.83. The summed E-state index contributed by atoms with van der Waals surface area (Å²) in [6.07, 6.45) is 2.29. The molecule has 2 N–H and O–H groups in total. The van der Waals surface area contributed by atoms with Gasteiger partial charge in [0, 0.05) is 38.3 Å². The molecule has 2 unspecified atom stereocenters. The quantitative estimate of drug-likeness (QED) is 0.742. The highest BCUT2D eigenvalue weighted by Crippen LogP contribution is 2.25. The van der Waals surface area contributed by atoms with E-state index in [0.29, 0.717) is 12.1 Å². The van der Waals surface area contributed by atoms with E-state index in [2.05, 4.69) is 88.1 Å². The van der Waals surface area contributed by atoms with Crippen LogP contribution >= 0.6 is 0 Å². The number of hydrogen-bond acceptors (Lipinski definition) is 4. The number of rotatable bonds is 6. The highest BCUT2D eigenvalue weighted by Gasteiger charge is 2.22. The fraction of sp³-hybridized carbons (Fsp3) is 0.538. The van der Waals surface area contributed by atoms with Gasteiger partial charge in [-0.15, -0.1) is 0 Å². The zero-order chi connectivity index (χ0) is 21.6. The van der Waals surface area contributed by atoms with E-state index < -0.39 is 0 Å². The highest BCUT2D eigenvalue weighted by molar-refractivity contribution is 5.20. The predicted octanol–water partition coefficient (Wildman–Crippen LogP) is 4.33. The van der Waals surface area contributed by atoms with Crippen molar-refractivity contribution in [2.45, 2.75) is 38.8 Å². The van der Waals surface area contributed by atoms with Gasteiger partial charge in [-0.05, 0) is 51.2 Å². The molecule has 0 bridgehead atoms. The molecule has 0 spiro atoms. The van der Waals surface area contributed by atoms with Crippen LogP contribution in [0.4, 0.5) is 0 Å². The molecule has 3 rings (SSSR count). The SMILES string of the molecule is CC.CNCCC(c1ccccc1)N1CCNC(c2ccccc2)CCN(C)CC1. The van der Waals surface area contributed by atoms with Gasteiger partial charge in [0.1, 0.15) is 0 Å². The molecule has 1 saturated heterocycles. The van der Waals surface area contributed by atoms with Crippen LogP contribution in [0.15, 0.2) is 60.7 Å². The molecule has 1 fully saturated rings. The Balaban J connectivity index is 0.00000155. The first kappa shape index (κ1) is 24.5. The van der Waals surface area contributed by atoms with Crippen LogP contribution in [0.5, 0.6) is 0 Å². The molecule has 2 aromatic rings. The lowest BCUT2D eigenvalue weighted by molar-refractivity contribution is 0.152. The average molecular weight is 411 g/mol. The van der Waals surface area contributed by atoms with Crippen LogP contribution in [0.3, 0.4) is 0 Å². The maximum Gasteiger partial charge on any atom is 0.0361 e. The van der Waals surface area contributed by atoms with Gasteiger partial charge in [-0.2, -0.15) is 0 Å². The van der Waals surface area contributed by atoms with Crippen LogP contribution < -0.4 is 10.6 Å². The second-order valence-electron chi connectivity index (χ2n) is 7.86. The lowest BCUT2D eigenvalue weighted by Crippen LogP contribution is -2.43. The lowest BCUT2D eigenvalue weighted by Gasteiger charge is -2.36. The number of nitrogens with zero attached hydrogens (tertiary/aromatic N) is 2. The number of benzene rings is 2. The summed E-state index contributed by atoms with van der Waals surface area (Å²) in [6.45, 7) is 10.5. The molecule has 1 aliphatic rings. The van der Waals surface area contributed by atoms with Gasteiger partial charge in [0.25, 0.3) is 0 Å². The fourth-order valence-electron chi connectivity index (χ4n) is 4.15. The lowest BCUT2D eigenvalue weighted by atomic mass is 10.0. The van der Waals surface area contributed by atoms with Crippen molar-refractivity contribution in [2.75, 3.05) is 53.4 Å². The minimum atomic E-state index is 0.427. The molecule has 0 amide bonds. The topological polar surface area (TPSA) is 30.5 Å². The Morgan fingerprint density at radius 3 is 2.27 bits per heavy atom. The molecular formula is C26H42N4. The van der Waals surface area contributed by atoms with Crippen LogP contribution in [-0.4, -0.2) is 63.2 Å². The minimum absolute atomic E-state index is 0.427. The van der Waals surface area contributed by atoms with Crippen molar-refractivity contribution in [1.82, 2.24) is 20.4 Å². The van der Waals surface area contributed by atoms with Crippen molar-refractivity contribution in [3.63, 3.8) is 0 Å². The first-order valence-corrected chi connectivity index (χ1v) is 11.7. The minimum Gasteiger partial charge on any atom is -0.320 e. The maximum atomic E-state index is 3.83. The Kier molecular flexibility index (Phi) is 11.7. The van der Waals surface area contributed by atoms with Gasteiger partial charge in [-0.25, -0.2) is 0 Å². The predicted molar refractivity (Wildman–Crippen MR) is 130 cm³/mol. The number of likely N-dealkylation sites (N-methyl/N-ethyl adjacent to an activating group) is 1. The molecule has 2 aromatic carbocycles. The van der Waals surface area contributed by atoms with Crippen molar-refractivity contribution in [2.24, 2.45) is 0 Å². The van der Waals surface area contributed by atoms with Crippen molar-refractivity contribution < 1.29 is 0 Å². The van der Waals surface area contributed by atoms with Crippen LogP contribution in [0.2, 0.25) is 0 Å². The van der Waals surface area contributed by atoms with Crippen LogP contribution in [0, 0.1) is 0 Å². The first-order chi connectivity index (χ1) is 14.8. The second kappa shape index (κ2) is 14.3. The highest BCUT2D eigenvalue weighted by atomic mass is 15.2. The van der Waals surface area contributed by atoms with Crippen molar-refractivity contribution in [1.29, 1.82) is 0 Å². The Hall–Kier alpha value is -1.72. The second-order valence-corrected chi connectivity index (χ2v) is 7.86. The monoisotopic (exact) mass is 410 g/mol. The van der Waals surface area contributed by atoms with Crippen LogP contribution in [0.1, 0.15) is 49.9 Å². The third kappa shape index (κ3) is 7.84. The fourth-order valence-corrected chi connectivity index (χ4v) is 4.15. The molecule has 1 aliphatic heterocycles. The third-order valence-electron chi connectivity index (χ3n) is 5.85. The number of nitrogens with one attached hydrogen (secondary N) is 2. The van der Waals surface area contributed by atoms with E-state index in [1.165, 1.54) is 11.1 Å². The zero-order valence-electron chi connectivity index (χ0n) is 19.5. The van der Waals surface area contributed by atoms with Crippen molar-refractivity contribution >= 4 is 0 Å². The smallest absolute Gasteiger partial charge is 0.0361 e. The molecule has 166 valence electrons. The Morgan fingerprint density at radius 2 is 1.60 bits per heavy atom. The molecule has 4 heteroatoms. The number of hydrogen-bond donors (Lipinski definition) is 2. The van der Waals surface area contributed by atoms with Gasteiger partial charge in [0.15, 0.2) is 0 Å². The molecule has 1 heterocycles. The van der Waals surface area contributed by atoms with E-state index in [0.717, 1.165) is 52.1 Å². The molecule has 0 aromatic heterocycles. The van der Waals surface area contributed by atoms with Gasteiger partial charge in [0.05, 0.1) is 0 Å². The summed E-state index contributed by atoms with van der Waals surface area (Å²) in [5.74, 6) is 0. The standard InChI is InChI=1S/C24H36N4.C2H6/c1-25-15-13-24(22-11-7-4-8-12-22)28-18-16-26-23(14-17-27(2)19-20-28)21-9-5-3-6-10-21;1-2/h3-12,23-26H,13-20H2,1-2H3;1-2H3. The molecule has 2 atom stereocenters. The van der Waals surface area contributed by atoms with E-state index in [1.807, 2.05) is 20.9 Å². The molecule has 0 saturated carbocycles. The van der Waals surface area contributed by atoms with E-state index >= 15 is 0 Å². The Labute approximate surface area is 184 Å². The summed E-state index contributed by atoms with van der Waals surface area (Å²) >= 11 is 0. The van der Waals surface area contributed by atoms with Gasteiger partial charge in [0.2, 0.25) is 0 Å². The third-order valence-corrected chi connectivity index (χ3v) is 5.85. The molecular weight excluding hydrogens is 368 g/mol. The summed E-state index contributed by atoms with van der Waals surface area (Å²) in [5.41, 5.74) is 2.83.